The minimum absolute atomic E-state index is 0.0863. The van der Waals surface area contributed by atoms with Gasteiger partial charge in [-0.3, -0.25) is 14.4 Å². The fraction of sp³-hybridized carbons (Fsp3) is 0.476. The molecule has 6 heteroatoms. The Morgan fingerprint density at radius 2 is 2.11 bits per heavy atom. The van der Waals surface area contributed by atoms with E-state index in [0.29, 0.717) is 5.56 Å². The normalized spacial score (nSPS) is 15.4. The molecule has 0 spiro atoms. The minimum Gasteiger partial charge on any atom is -0.337 e. The van der Waals surface area contributed by atoms with Crippen molar-refractivity contribution in [1.29, 1.82) is 5.26 Å². The summed E-state index contributed by atoms with van der Waals surface area (Å²) in [7, 11) is 0. The zero-order valence-electron chi connectivity index (χ0n) is 16.2. The Morgan fingerprint density at radius 3 is 2.89 bits per heavy atom. The molecule has 0 saturated carbocycles. The molecule has 0 bridgehead atoms. The van der Waals surface area contributed by atoms with Crippen LogP contribution in [-0.4, -0.2) is 51.7 Å². The molecule has 0 atom stereocenters. The molecule has 1 fully saturated rings. The van der Waals surface area contributed by atoms with Crippen LogP contribution < -0.4 is 0 Å². The molecule has 1 aliphatic heterocycles. The monoisotopic (exact) mass is 365 g/mol. The lowest BCUT2D eigenvalue weighted by atomic mass is 10.1. The van der Waals surface area contributed by atoms with Crippen molar-refractivity contribution in [2.24, 2.45) is 0 Å². The second-order valence-corrected chi connectivity index (χ2v) is 7.13. The summed E-state index contributed by atoms with van der Waals surface area (Å²) < 4.78 is 1.87. The molecular formula is C21H27N5O. The molecule has 2 aromatic rings. The summed E-state index contributed by atoms with van der Waals surface area (Å²) in [6.07, 6.45) is 3.84. The van der Waals surface area contributed by atoms with Crippen molar-refractivity contribution in [2.45, 2.75) is 39.8 Å². The van der Waals surface area contributed by atoms with E-state index in [2.05, 4.69) is 29.1 Å². The van der Waals surface area contributed by atoms with E-state index in [1.54, 1.807) is 0 Å². The summed E-state index contributed by atoms with van der Waals surface area (Å²) in [5.41, 5.74) is 3.37. The zero-order chi connectivity index (χ0) is 19.2. The van der Waals surface area contributed by atoms with Crippen LogP contribution in [0.2, 0.25) is 0 Å². The van der Waals surface area contributed by atoms with Crippen LogP contribution in [0.25, 0.3) is 0 Å². The summed E-state index contributed by atoms with van der Waals surface area (Å²) in [6, 6.07) is 9.95. The van der Waals surface area contributed by atoms with Crippen molar-refractivity contribution in [2.75, 3.05) is 26.2 Å². The largest absolute Gasteiger partial charge is 0.337 e. The number of aromatic nitrogens is 2. The molecule has 0 radical (unpaired) electrons. The number of nitrogens with zero attached hydrogens (tertiary/aromatic N) is 5. The van der Waals surface area contributed by atoms with Crippen LogP contribution in [0.15, 0.2) is 30.5 Å². The number of nitriles is 1. The fourth-order valence-corrected chi connectivity index (χ4v) is 3.57. The highest BCUT2D eigenvalue weighted by Crippen LogP contribution is 2.15. The standard InChI is InChI=1S/C21H27N5O/c1-3-8-26-16-20(17(2)23-26)21(27)25-10-5-9-24(11-12-25)15-19-7-4-6-18(13-19)14-22/h4,6-7,13,16H,3,5,8-12,15H2,1-2H3. The van der Waals surface area contributed by atoms with Gasteiger partial charge in [-0.05, 0) is 37.5 Å². The third-order valence-corrected chi connectivity index (χ3v) is 4.97. The van der Waals surface area contributed by atoms with Crippen LogP contribution in [0.3, 0.4) is 0 Å². The Balaban J connectivity index is 1.62. The highest BCUT2D eigenvalue weighted by atomic mass is 16.2. The third kappa shape index (κ3) is 4.75. The molecule has 1 aliphatic rings. The van der Waals surface area contributed by atoms with Crippen LogP contribution in [0.1, 0.15) is 46.9 Å². The lowest BCUT2D eigenvalue weighted by molar-refractivity contribution is 0.0760. The van der Waals surface area contributed by atoms with Crippen molar-refractivity contribution in [3.05, 3.63) is 52.8 Å². The number of hydrogen-bond acceptors (Lipinski definition) is 4. The lowest BCUT2D eigenvalue weighted by Gasteiger charge is -2.22. The number of rotatable bonds is 5. The van der Waals surface area contributed by atoms with Crippen LogP contribution in [-0.2, 0) is 13.1 Å². The number of carbonyl (C=O) groups excluding carboxylic acids is 1. The average Bonchev–Trinajstić information content (AvgIpc) is 2.88. The molecule has 1 aromatic heterocycles. The van der Waals surface area contributed by atoms with E-state index >= 15 is 0 Å². The predicted octanol–water partition coefficient (Wildman–Crippen LogP) is 2.82. The van der Waals surface area contributed by atoms with Crippen LogP contribution in [0.5, 0.6) is 0 Å². The maximum atomic E-state index is 13.0. The van der Waals surface area contributed by atoms with Gasteiger partial charge in [0, 0.05) is 45.5 Å². The van der Waals surface area contributed by atoms with Crippen LogP contribution >= 0.6 is 0 Å². The number of amides is 1. The Labute approximate surface area is 161 Å². The van der Waals surface area contributed by atoms with Crippen LogP contribution in [0.4, 0.5) is 0 Å². The lowest BCUT2D eigenvalue weighted by Crippen LogP contribution is -2.35. The van der Waals surface area contributed by atoms with Gasteiger partial charge in [-0.15, -0.1) is 0 Å². The number of aryl methyl sites for hydroxylation is 2. The topological polar surface area (TPSA) is 65.2 Å². The summed E-state index contributed by atoms with van der Waals surface area (Å²) in [5, 5.41) is 13.5. The molecule has 1 saturated heterocycles. The molecule has 1 amide bonds. The molecule has 1 aromatic carbocycles. The van der Waals surface area contributed by atoms with E-state index in [4.69, 9.17) is 5.26 Å². The second kappa shape index (κ2) is 8.83. The van der Waals surface area contributed by atoms with Crippen molar-refractivity contribution in [1.82, 2.24) is 19.6 Å². The maximum Gasteiger partial charge on any atom is 0.257 e. The van der Waals surface area contributed by atoms with E-state index in [0.717, 1.165) is 68.9 Å². The summed E-state index contributed by atoms with van der Waals surface area (Å²) >= 11 is 0. The van der Waals surface area contributed by atoms with Crippen LogP contribution in [0, 0.1) is 18.3 Å². The molecule has 27 heavy (non-hydrogen) atoms. The Bertz CT molecular complexity index is 835. The number of benzene rings is 1. The first-order valence-corrected chi connectivity index (χ1v) is 9.65. The van der Waals surface area contributed by atoms with E-state index in [9.17, 15) is 4.79 Å². The van der Waals surface area contributed by atoms with Crippen molar-refractivity contribution < 1.29 is 4.79 Å². The molecule has 142 valence electrons. The van der Waals surface area contributed by atoms with Crippen molar-refractivity contribution >= 4 is 5.91 Å². The summed E-state index contributed by atoms with van der Waals surface area (Å²) in [6.45, 7) is 8.94. The SMILES string of the molecule is CCCn1cc(C(=O)N2CCCN(Cc3cccc(C#N)c3)CC2)c(C)n1. The average molecular weight is 365 g/mol. The fourth-order valence-electron chi connectivity index (χ4n) is 3.57. The molecular weight excluding hydrogens is 338 g/mol. The predicted molar refractivity (Wildman–Crippen MR) is 104 cm³/mol. The van der Waals surface area contributed by atoms with Gasteiger partial charge in [-0.1, -0.05) is 19.1 Å². The van der Waals surface area contributed by atoms with Gasteiger partial charge in [0.1, 0.15) is 0 Å². The molecule has 0 aliphatic carbocycles. The molecule has 3 rings (SSSR count). The van der Waals surface area contributed by atoms with Gasteiger partial charge in [-0.25, -0.2) is 0 Å². The van der Waals surface area contributed by atoms with E-state index < -0.39 is 0 Å². The van der Waals surface area contributed by atoms with Gasteiger partial charge < -0.3 is 4.90 Å². The summed E-state index contributed by atoms with van der Waals surface area (Å²) in [5.74, 6) is 0.0863. The molecule has 6 nitrogen and oxygen atoms in total. The van der Waals surface area contributed by atoms with Crippen molar-refractivity contribution in [3.63, 3.8) is 0 Å². The van der Waals surface area contributed by atoms with Gasteiger partial charge in [-0.2, -0.15) is 10.4 Å². The quantitative estimate of drug-likeness (QED) is 0.817. The van der Waals surface area contributed by atoms with E-state index in [-0.39, 0.29) is 5.91 Å². The first kappa shape index (κ1) is 19.1. The number of carbonyl (C=O) groups is 1. The summed E-state index contributed by atoms with van der Waals surface area (Å²) in [4.78, 5) is 17.3. The smallest absolute Gasteiger partial charge is 0.257 e. The van der Waals surface area contributed by atoms with Gasteiger partial charge >= 0.3 is 0 Å². The second-order valence-electron chi connectivity index (χ2n) is 7.13. The van der Waals surface area contributed by atoms with Crippen molar-refractivity contribution in [3.8, 4) is 6.07 Å². The highest BCUT2D eigenvalue weighted by molar-refractivity contribution is 5.95. The van der Waals surface area contributed by atoms with Gasteiger partial charge in [0.15, 0.2) is 0 Å². The zero-order valence-corrected chi connectivity index (χ0v) is 16.2. The maximum absolute atomic E-state index is 13.0. The van der Waals surface area contributed by atoms with E-state index in [1.165, 1.54) is 0 Å². The van der Waals surface area contributed by atoms with E-state index in [1.807, 2.05) is 40.9 Å². The van der Waals surface area contributed by atoms with Gasteiger partial charge in [0.25, 0.3) is 5.91 Å². The first-order chi connectivity index (χ1) is 13.1. The molecule has 2 heterocycles. The Hall–Kier alpha value is -2.65. The molecule has 0 N–H and O–H groups in total. The third-order valence-electron chi connectivity index (χ3n) is 4.97. The van der Waals surface area contributed by atoms with Gasteiger partial charge in [0.05, 0.1) is 22.9 Å². The Morgan fingerprint density at radius 1 is 1.26 bits per heavy atom. The minimum atomic E-state index is 0.0863. The highest BCUT2D eigenvalue weighted by Gasteiger charge is 2.23. The van der Waals surface area contributed by atoms with Gasteiger partial charge in [0.2, 0.25) is 0 Å². The first-order valence-electron chi connectivity index (χ1n) is 9.65. The number of hydrogen-bond donors (Lipinski definition) is 0. The molecule has 0 unspecified atom stereocenters. The Kier molecular flexibility index (Phi) is 6.25.